The van der Waals surface area contributed by atoms with E-state index in [2.05, 4.69) is 36.8 Å². The molecule has 4 heteroatoms. The first-order chi connectivity index (χ1) is 7.00. The van der Waals surface area contributed by atoms with Gasteiger partial charge in [0, 0.05) is 6.20 Å². The van der Waals surface area contributed by atoms with E-state index in [1.807, 2.05) is 6.20 Å². The Morgan fingerprint density at radius 2 is 2.13 bits per heavy atom. The van der Waals surface area contributed by atoms with Crippen LogP contribution in [-0.4, -0.2) is 15.1 Å². The maximum absolute atomic E-state index is 8.99. The number of aromatic nitrogens is 2. The molecule has 2 aromatic heterocycles. The van der Waals surface area contributed by atoms with Crippen molar-refractivity contribution in [3.05, 3.63) is 22.8 Å². The first-order valence-corrected chi connectivity index (χ1v) is 5.69. The summed E-state index contributed by atoms with van der Waals surface area (Å²) in [7, 11) is 0. The van der Waals surface area contributed by atoms with E-state index in [0.29, 0.717) is 0 Å². The Bertz CT molecular complexity index is 485. The van der Waals surface area contributed by atoms with Gasteiger partial charge in [0.25, 0.3) is 0 Å². The third-order valence-corrected chi connectivity index (χ3v) is 3.26. The summed E-state index contributed by atoms with van der Waals surface area (Å²) >= 11 is 1.44. The molecule has 0 aliphatic carbocycles. The van der Waals surface area contributed by atoms with Crippen LogP contribution in [0.1, 0.15) is 31.3 Å². The van der Waals surface area contributed by atoms with Crippen LogP contribution in [0, 0.1) is 0 Å². The van der Waals surface area contributed by atoms with E-state index in [1.165, 1.54) is 16.9 Å². The third-order valence-electron chi connectivity index (χ3n) is 2.29. The van der Waals surface area contributed by atoms with Crippen LogP contribution in [0.15, 0.2) is 12.3 Å². The highest BCUT2D eigenvalue weighted by atomic mass is 32.1. The average Bonchev–Trinajstić information content (AvgIpc) is 2.57. The van der Waals surface area contributed by atoms with Crippen LogP contribution in [0.2, 0.25) is 0 Å². The minimum atomic E-state index is -0.00806. The molecule has 0 atom stereocenters. The van der Waals surface area contributed by atoms with E-state index >= 15 is 0 Å². The molecule has 15 heavy (non-hydrogen) atoms. The molecule has 0 aliphatic heterocycles. The maximum Gasteiger partial charge on any atom is 0.143 e. The van der Waals surface area contributed by atoms with Gasteiger partial charge in [0.05, 0.1) is 6.61 Å². The van der Waals surface area contributed by atoms with Gasteiger partial charge in [-0.05, 0) is 17.0 Å². The molecule has 2 rings (SSSR count). The summed E-state index contributed by atoms with van der Waals surface area (Å²) in [6.07, 6.45) is 1.89. The standard InChI is InChI=1S/C11H14N2OS/c1-11(2,3)7-4-8-10(12-5-7)15-9(6-14)13-8/h4-5,14H,6H2,1-3H3. The summed E-state index contributed by atoms with van der Waals surface area (Å²) in [5, 5.41) is 9.71. The maximum atomic E-state index is 8.99. The lowest BCUT2D eigenvalue weighted by Crippen LogP contribution is -2.11. The van der Waals surface area contributed by atoms with Crippen molar-refractivity contribution < 1.29 is 5.11 Å². The highest BCUT2D eigenvalue weighted by Gasteiger charge is 2.15. The predicted molar refractivity (Wildman–Crippen MR) is 62.0 cm³/mol. The Kier molecular flexibility index (Phi) is 2.48. The second-order valence-corrected chi connectivity index (χ2v) is 5.63. The molecule has 2 heterocycles. The smallest absolute Gasteiger partial charge is 0.143 e. The highest BCUT2D eigenvalue weighted by molar-refractivity contribution is 7.18. The molecule has 0 saturated carbocycles. The second kappa shape index (κ2) is 3.54. The third kappa shape index (κ3) is 2.01. The zero-order chi connectivity index (χ0) is 11.1. The number of aliphatic hydroxyl groups is 1. The molecular weight excluding hydrogens is 208 g/mol. The molecule has 3 nitrogen and oxygen atoms in total. The van der Waals surface area contributed by atoms with E-state index in [1.54, 1.807) is 0 Å². The van der Waals surface area contributed by atoms with Gasteiger partial charge >= 0.3 is 0 Å². The van der Waals surface area contributed by atoms with Crippen LogP contribution in [0.25, 0.3) is 10.3 Å². The van der Waals surface area contributed by atoms with E-state index in [-0.39, 0.29) is 12.0 Å². The second-order valence-electron chi connectivity index (χ2n) is 4.56. The van der Waals surface area contributed by atoms with Crippen molar-refractivity contribution in [2.45, 2.75) is 32.8 Å². The largest absolute Gasteiger partial charge is 0.389 e. The molecule has 0 radical (unpaired) electrons. The van der Waals surface area contributed by atoms with Gasteiger partial charge < -0.3 is 5.11 Å². The minimum absolute atomic E-state index is 0.00806. The number of pyridine rings is 1. The molecule has 0 fully saturated rings. The van der Waals surface area contributed by atoms with Crippen LogP contribution in [0.5, 0.6) is 0 Å². The van der Waals surface area contributed by atoms with Crippen molar-refractivity contribution in [2.75, 3.05) is 0 Å². The average molecular weight is 222 g/mol. The zero-order valence-corrected chi connectivity index (χ0v) is 9.93. The number of thiazole rings is 1. The van der Waals surface area contributed by atoms with E-state index < -0.39 is 0 Å². The molecule has 0 unspecified atom stereocenters. The number of rotatable bonds is 1. The molecule has 0 aliphatic rings. The SMILES string of the molecule is CC(C)(C)c1cnc2sc(CO)nc2c1. The Labute approximate surface area is 92.8 Å². The van der Waals surface area contributed by atoms with Gasteiger partial charge in [0.15, 0.2) is 0 Å². The molecule has 0 amide bonds. The Hall–Kier alpha value is -1.00. The Balaban J connectivity index is 2.55. The van der Waals surface area contributed by atoms with Gasteiger partial charge in [0.1, 0.15) is 15.4 Å². The first-order valence-electron chi connectivity index (χ1n) is 4.87. The molecule has 0 aromatic carbocycles. The summed E-state index contributed by atoms with van der Waals surface area (Å²) in [6, 6.07) is 2.05. The lowest BCUT2D eigenvalue weighted by atomic mass is 9.88. The number of nitrogens with zero attached hydrogens (tertiary/aromatic N) is 2. The van der Waals surface area contributed by atoms with Gasteiger partial charge in [-0.3, -0.25) is 0 Å². The van der Waals surface area contributed by atoms with Crippen LogP contribution in [0.4, 0.5) is 0 Å². The summed E-state index contributed by atoms with van der Waals surface area (Å²) in [4.78, 5) is 9.57. The molecule has 80 valence electrons. The van der Waals surface area contributed by atoms with Crippen molar-refractivity contribution in [3.63, 3.8) is 0 Å². The normalized spacial score (nSPS) is 12.3. The summed E-state index contributed by atoms with van der Waals surface area (Å²) < 4.78 is 0. The number of aliphatic hydroxyl groups excluding tert-OH is 1. The summed E-state index contributed by atoms with van der Waals surface area (Å²) in [6.45, 7) is 6.44. The van der Waals surface area contributed by atoms with Crippen LogP contribution >= 0.6 is 11.3 Å². The van der Waals surface area contributed by atoms with Crippen LogP contribution < -0.4 is 0 Å². The fourth-order valence-corrected chi connectivity index (χ4v) is 2.09. The molecule has 2 aromatic rings. The van der Waals surface area contributed by atoms with E-state index in [9.17, 15) is 0 Å². The van der Waals surface area contributed by atoms with E-state index in [0.717, 1.165) is 15.4 Å². The van der Waals surface area contributed by atoms with Crippen molar-refractivity contribution in [2.24, 2.45) is 0 Å². The first kappa shape index (κ1) is 10.5. The summed E-state index contributed by atoms with van der Waals surface area (Å²) in [5.74, 6) is 0. The fourth-order valence-electron chi connectivity index (χ4n) is 1.35. The quantitative estimate of drug-likeness (QED) is 0.806. The van der Waals surface area contributed by atoms with Crippen LogP contribution in [0.3, 0.4) is 0 Å². The van der Waals surface area contributed by atoms with Gasteiger partial charge in [-0.1, -0.05) is 32.1 Å². The molecule has 1 N–H and O–H groups in total. The Morgan fingerprint density at radius 1 is 1.40 bits per heavy atom. The lowest BCUT2D eigenvalue weighted by molar-refractivity contribution is 0.281. The van der Waals surface area contributed by atoms with Gasteiger partial charge in [-0.2, -0.15) is 0 Å². The highest BCUT2D eigenvalue weighted by Crippen LogP contribution is 2.26. The van der Waals surface area contributed by atoms with Gasteiger partial charge in [0.2, 0.25) is 0 Å². The zero-order valence-electron chi connectivity index (χ0n) is 9.11. The van der Waals surface area contributed by atoms with E-state index in [4.69, 9.17) is 5.11 Å². The van der Waals surface area contributed by atoms with Crippen molar-refractivity contribution in [1.82, 2.24) is 9.97 Å². The lowest BCUT2D eigenvalue weighted by Gasteiger charge is -2.17. The topological polar surface area (TPSA) is 46.0 Å². The van der Waals surface area contributed by atoms with Crippen LogP contribution in [-0.2, 0) is 12.0 Å². The van der Waals surface area contributed by atoms with Crippen molar-refractivity contribution >= 4 is 21.7 Å². The molecular formula is C11H14N2OS. The molecule has 0 saturated heterocycles. The Morgan fingerprint density at radius 3 is 2.73 bits per heavy atom. The number of hydrogen-bond acceptors (Lipinski definition) is 4. The minimum Gasteiger partial charge on any atom is -0.389 e. The monoisotopic (exact) mass is 222 g/mol. The number of hydrogen-bond donors (Lipinski definition) is 1. The molecule has 0 spiro atoms. The predicted octanol–water partition coefficient (Wildman–Crippen LogP) is 2.48. The van der Waals surface area contributed by atoms with Gasteiger partial charge in [-0.25, -0.2) is 9.97 Å². The summed E-state index contributed by atoms with van der Waals surface area (Å²) in [5.41, 5.74) is 2.14. The van der Waals surface area contributed by atoms with Crippen molar-refractivity contribution in [3.8, 4) is 0 Å². The number of fused-ring (bicyclic) bond motifs is 1. The van der Waals surface area contributed by atoms with Gasteiger partial charge in [-0.15, -0.1) is 0 Å². The molecule has 0 bridgehead atoms. The fraction of sp³-hybridized carbons (Fsp3) is 0.455. The van der Waals surface area contributed by atoms with Crippen molar-refractivity contribution in [1.29, 1.82) is 0 Å².